The Bertz CT molecular complexity index is 1560. The van der Waals surface area contributed by atoms with E-state index in [2.05, 4.69) is 5.32 Å². The largest absolute Gasteiger partial charge is 0.467 e. The number of benzene rings is 4. The van der Waals surface area contributed by atoms with Crippen LogP contribution >= 0.6 is 0 Å². The molecule has 1 N–H and O–H groups in total. The van der Waals surface area contributed by atoms with Gasteiger partial charge in [-0.1, -0.05) is 66.7 Å². The Morgan fingerprint density at radius 1 is 0.795 bits per heavy atom. The van der Waals surface area contributed by atoms with Crippen LogP contribution in [-0.2, 0) is 16.1 Å². The molecule has 2 amide bonds. The number of esters is 1. The Hall–Kier alpha value is -4.71. The Balaban J connectivity index is 1.15. The maximum Gasteiger partial charge on any atom is 0.331 e. The summed E-state index contributed by atoms with van der Waals surface area (Å²) >= 11 is 0. The summed E-state index contributed by atoms with van der Waals surface area (Å²) in [4.78, 5) is 40.3. The molecule has 6 heteroatoms. The minimum atomic E-state index is -0.841. The Kier molecular flexibility index (Phi) is 6.23. The molecule has 6 rings (SSSR count). The molecule has 0 unspecified atom stereocenters. The molecule has 4 aromatic rings. The van der Waals surface area contributed by atoms with E-state index in [-0.39, 0.29) is 17.8 Å². The number of ether oxygens (including phenoxy) is 1. The van der Waals surface area contributed by atoms with Gasteiger partial charge in [0.25, 0.3) is 11.8 Å². The maximum atomic E-state index is 13.3. The van der Waals surface area contributed by atoms with Crippen LogP contribution in [0.3, 0.4) is 0 Å². The van der Waals surface area contributed by atoms with Gasteiger partial charge in [-0.2, -0.15) is 0 Å². The molecule has 1 saturated carbocycles. The lowest BCUT2D eigenvalue weighted by Crippen LogP contribution is -2.59. The molecule has 1 aliphatic carbocycles. The summed E-state index contributed by atoms with van der Waals surface area (Å²) in [6.07, 6.45) is 2.18. The summed E-state index contributed by atoms with van der Waals surface area (Å²) < 4.78 is 5.04. The van der Waals surface area contributed by atoms with Gasteiger partial charge in [-0.05, 0) is 77.4 Å². The number of carbonyl (C=O) groups is 3. The fraction of sp³-hybridized carbons (Fsp3) is 0.182. The summed E-state index contributed by atoms with van der Waals surface area (Å²) in [6, 6.07) is 31.0. The van der Waals surface area contributed by atoms with Gasteiger partial charge in [0.2, 0.25) is 0 Å². The molecule has 2 aliphatic rings. The predicted molar refractivity (Wildman–Crippen MR) is 150 cm³/mol. The molecule has 0 aromatic heterocycles. The van der Waals surface area contributed by atoms with E-state index in [4.69, 9.17) is 4.74 Å². The van der Waals surface area contributed by atoms with Gasteiger partial charge in [0, 0.05) is 23.4 Å². The van der Waals surface area contributed by atoms with Crippen LogP contribution in [0.15, 0.2) is 97.1 Å². The van der Waals surface area contributed by atoms with E-state index in [0.717, 1.165) is 34.2 Å². The highest BCUT2D eigenvalue weighted by atomic mass is 16.5. The predicted octanol–water partition coefficient (Wildman–Crippen LogP) is 6.32. The lowest BCUT2D eigenvalue weighted by atomic mass is 9.75. The molecule has 1 aliphatic heterocycles. The van der Waals surface area contributed by atoms with E-state index in [9.17, 15) is 14.4 Å². The van der Waals surface area contributed by atoms with Gasteiger partial charge in [0.05, 0.1) is 7.11 Å². The Morgan fingerprint density at radius 3 is 2.05 bits per heavy atom. The zero-order valence-corrected chi connectivity index (χ0v) is 21.6. The second-order valence-corrected chi connectivity index (χ2v) is 10.1. The molecule has 194 valence electrons. The molecule has 1 fully saturated rings. The molecule has 4 aromatic carbocycles. The average molecular weight is 517 g/mol. The highest BCUT2D eigenvalue weighted by Gasteiger charge is 2.54. The zero-order valence-electron chi connectivity index (χ0n) is 21.6. The van der Waals surface area contributed by atoms with E-state index in [1.165, 1.54) is 7.11 Å². The first kappa shape index (κ1) is 24.6. The monoisotopic (exact) mass is 516 g/mol. The first-order valence-electron chi connectivity index (χ1n) is 13.1. The second-order valence-electron chi connectivity index (χ2n) is 10.1. The quantitative estimate of drug-likeness (QED) is 0.304. The van der Waals surface area contributed by atoms with Gasteiger partial charge in [-0.3, -0.25) is 9.59 Å². The van der Waals surface area contributed by atoms with Crippen molar-refractivity contribution in [2.75, 3.05) is 12.4 Å². The molecule has 0 bridgehead atoms. The molecule has 1 heterocycles. The summed E-state index contributed by atoms with van der Waals surface area (Å²) in [5.74, 6) is -0.639. The van der Waals surface area contributed by atoms with Crippen molar-refractivity contribution < 1.29 is 19.1 Å². The fourth-order valence-electron chi connectivity index (χ4n) is 5.51. The standard InChI is InChI=1S/C33H28N2O4/c1-39-32(38)33(18-5-19-33)35-21-27-13-12-26(20-29(27)31(35)37)24-14-16-28(17-15-24)34-30(36)25-10-8-23(9-11-25)22-6-3-2-4-7-22/h2-4,6-17,20H,5,18-19,21H2,1H3,(H,34,36). The number of amides is 2. The number of fused-ring (bicyclic) bond motifs is 1. The van der Waals surface area contributed by atoms with Crippen LogP contribution in [0.1, 0.15) is 45.5 Å². The van der Waals surface area contributed by atoms with Gasteiger partial charge in [0.1, 0.15) is 5.54 Å². The maximum absolute atomic E-state index is 13.3. The van der Waals surface area contributed by atoms with E-state index in [1.807, 2.05) is 97.1 Å². The number of carbonyl (C=O) groups excluding carboxylic acids is 3. The minimum Gasteiger partial charge on any atom is -0.467 e. The zero-order chi connectivity index (χ0) is 27.0. The van der Waals surface area contributed by atoms with Crippen molar-refractivity contribution in [3.05, 3.63) is 114 Å². The van der Waals surface area contributed by atoms with E-state index >= 15 is 0 Å². The first-order chi connectivity index (χ1) is 19.0. The highest BCUT2D eigenvalue weighted by molar-refractivity contribution is 6.05. The average Bonchev–Trinajstić information content (AvgIpc) is 3.28. The van der Waals surface area contributed by atoms with Gasteiger partial charge >= 0.3 is 5.97 Å². The summed E-state index contributed by atoms with van der Waals surface area (Å²) in [7, 11) is 1.38. The van der Waals surface area contributed by atoms with Crippen LogP contribution in [0.5, 0.6) is 0 Å². The molecule has 0 saturated heterocycles. The topological polar surface area (TPSA) is 75.7 Å². The number of nitrogens with zero attached hydrogens (tertiary/aromatic N) is 1. The van der Waals surface area contributed by atoms with Crippen LogP contribution in [-0.4, -0.2) is 35.3 Å². The van der Waals surface area contributed by atoms with Crippen molar-refractivity contribution in [3.63, 3.8) is 0 Å². The van der Waals surface area contributed by atoms with E-state index in [0.29, 0.717) is 36.2 Å². The summed E-state index contributed by atoms with van der Waals surface area (Å²) in [6.45, 7) is 0.418. The number of rotatable bonds is 6. The normalized spacial score (nSPS) is 15.3. The molecular formula is C33H28N2O4. The SMILES string of the molecule is COC(=O)C1(N2Cc3ccc(-c4ccc(NC(=O)c5ccc(-c6ccccc6)cc5)cc4)cc3C2=O)CCC1. The molecule has 0 radical (unpaired) electrons. The lowest BCUT2D eigenvalue weighted by molar-refractivity contribution is -0.159. The first-order valence-corrected chi connectivity index (χ1v) is 13.1. The molecular weight excluding hydrogens is 488 g/mol. The number of nitrogens with one attached hydrogen (secondary N) is 1. The Labute approximate surface area is 227 Å². The number of anilines is 1. The van der Waals surface area contributed by atoms with Crippen LogP contribution < -0.4 is 5.32 Å². The summed E-state index contributed by atoms with van der Waals surface area (Å²) in [5, 5.41) is 2.95. The van der Waals surface area contributed by atoms with Gasteiger partial charge in [-0.15, -0.1) is 0 Å². The third-order valence-electron chi connectivity index (χ3n) is 7.91. The van der Waals surface area contributed by atoms with Crippen molar-refractivity contribution >= 4 is 23.5 Å². The van der Waals surface area contributed by atoms with Crippen molar-refractivity contribution in [1.82, 2.24) is 4.90 Å². The molecule has 6 nitrogen and oxygen atoms in total. The van der Waals surface area contributed by atoms with Crippen molar-refractivity contribution in [1.29, 1.82) is 0 Å². The number of hydrogen-bond acceptors (Lipinski definition) is 4. The van der Waals surface area contributed by atoms with E-state index < -0.39 is 5.54 Å². The smallest absolute Gasteiger partial charge is 0.331 e. The highest BCUT2D eigenvalue weighted by Crippen LogP contribution is 2.43. The number of methoxy groups -OCH3 is 1. The van der Waals surface area contributed by atoms with Crippen LogP contribution in [0.4, 0.5) is 5.69 Å². The van der Waals surface area contributed by atoms with Crippen LogP contribution in [0, 0.1) is 0 Å². The van der Waals surface area contributed by atoms with Crippen LogP contribution in [0.2, 0.25) is 0 Å². The number of hydrogen-bond donors (Lipinski definition) is 1. The third-order valence-corrected chi connectivity index (χ3v) is 7.91. The van der Waals surface area contributed by atoms with Crippen LogP contribution in [0.25, 0.3) is 22.3 Å². The van der Waals surface area contributed by atoms with Gasteiger partial charge in [-0.25, -0.2) is 4.79 Å². The Morgan fingerprint density at radius 2 is 1.41 bits per heavy atom. The van der Waals surface area contributed by atoms with Gasteiger partial charge in [0.15, 0.2) is 0 Å². The molecule has 39 heavy (non-hydrogen) atoms. The fourth-order valence-corrected chi connectivity index (χ4v) is 5.51. The van der Waals surface area contributed by atoms with Crippen molar-refractivity contribution in [2.24, 2.45) is 0 Å². The lowest BCUT2D eigenvalue weighted by Gasteiger charge is -2.45. The third kappa shape index (κ3) is 4.38. The van der Waals surface area contributed by atoms with Crippen molar-refractivity contribution in [3.8, 4) is 22.3 Å². The van der Waals surface area contributed by atoms with Gasteiger partial charge < -0.3 is 15.0 Å². The molecule has 0 spiro atoms. The second kappa shape index (κ2) is 9.87. The molecule has 0 atom stereocenters. The summed E-state index contributed by atoms with van der Waals surface area (Å²) in [5.41, 5.74) is 5.96. The minimum absolute atomic E-state index is 0.126. The van der Waals surface area contributed by atoms with Crippen molar-refractivity contribution in [2.45, 2.75) is 31.3 Å². The van der Waals surface area contributed by atoms with E-state index in [1.54, 1.807) is 4.90 Å².